The van der Waals surface area contributed by atoms with Crippen molar-refractivity contribution in [3.05, 3.63) is 0 Å². The van der Waals surface area contributed by atoms with Crippen molar-refractivity contribution in [1.82, 2.24) is 0 Å². The van der Waals surface area contributed by atoms with Crippen molar-refractivity contribution in [1.29, 1.82) is 0 Å². The van der Waals surface area contributed by atoms with Gasteiger partial charge in [-0.05, 0) is 31.6 Å². The Labute approximate surface area is 171 Å². The minimum atomic E-state index is -0.711. The molecule has 1 atom stereocenters. The van der Waals surface area contributed by atoms with Gasteiger partial charge in [0.15, 0.2) is 12.7 Å². The van der Waals surface area contributed by atoms with E-state index in [2.05, 4.69) is 45.5 Å². The summed E-state index contributed by atoms with van der Waals surface area (Å²) >= 11 is 0. The van der Waals surface area contributed by atoms with E-state index in [1.165, 1.54) is 25.3 Å². The average Bonchev–Trinajstić information content (AvgIpc) is 2.58. The maximum Gasteiger partial charge on any atom is 0.331 e. The van der Waals surface area contributed by atoms with Crippen molar-refractivity contribution in [3.8, 4) is 0 Å². The molecule has 0 radical (unpaired) electrons. The van der Waals surface area contributed by atoms with Crippen LogP contribution in [0.15, 0.2) is 20.0 Å². The number of ether oxygens (including phenoxy) is 1. The third-order valence-electron chi connectivity index (χ3n) is 2.85. The van der Waals surface area contributed by atoms with Crippen LogP contribution >= 0.6 is 0 Å². The number of carbonyl (C=O) groups excluding carboxylic acids is 5. The molecule has 10 nitrogen and oxygen atoms in total. The lowest BCUT2D eigenvalue weighted by Gasteiger charge is -2.27. The van der Waals surface area contributed by atoms with Crippen molar-refractivity contribution >= 4 is 30.3 Å². The van der Waals surface area contributed by atoms with Crippen LogP contribution in [-0.2, 0) is 28.7 Å². The van der Waals surface area contributed by atoms with Gasteiger partial charge < -0.3 is 4.74 Å². The molecule has 0 amide bonds. The highest BCUT2D eigenvalue weighted by atomic mass is 16.5. The number of isocyanates is 4. The lowest BCUT2D eigenvalue weighted by molar-refractivity contribution is -0.143. The van der Waals surface area contributed by atoms with E-state index < -0.39 is 12.0 Å². The molecule has 0 saturated heterocycles. The second-order valence-electron chi connectivity index (χ2n) is 7.83. The molecule has 0 fully saturated rings. The van der Waals surface area contributed by atoms with Gasteiger partial charge in [-0.25, -0.2) is 24.0 Å². The Morgan fingerprint density at radius 1 is 0.897 bits per heavy atom. The summed E-state index contributed by atoms with van der Waals surface area (Å²) < 4.78 is 4.41. The van der Waals surface area contributed by atoms with Crippen LogP contribution in [-0.4, -0.2) is 55.6 Å². The lowest BCUT2D eigenvalue weighted by atomic mass is 9.82. The maximum atomic E-state index is 10.8. The van der Waals surface area contributed by atoms with E-state index in [4.69, 9.17) is 0 Å². The molecule has 0 saturated carbocycles. The summed E-state index contributed by atoms with van der Waals surface area (Å²) in [5.41, 5.74) is -0.0517. The molecule has 0 aromatic carbocycles. The summed E-state index contributed by atoms with van der Waals surface area (Å²) in [6.45, 7) is 13.7. The Morgan fingerprint density at radius 2 is 1.38 bits per heavy atom. The number of hydrogen-bond acceptors (Lipinski definition) is 10. The minimum absolute atomic E-state index is 0.0381. The fourth-order valence-corrected chi connectivity index (χ4v) is 2.21. The van der Waals surface area contributed by atoms with E-state index in [0.29, 0.717) is 0 Å². The molecule has 0 heterocycles. The molecule has 0 aromatic rings. The van der Waals surface area contributed by atoms with E-state index in [1.807, 2.05) is 13.8 Å². The topological polar surface area (TPSA) is 144 Å². The molecule has 0 aliphatic rings. The SMILES string of the molecule is CC(C)(C)CC(C)(C)N=C=O.COC(=O)C(N=C=O)C(C)C.O=C=NCN=C=O. The van der Waals surface area contributed by atoms with Gasteiger partial charge in [-0.2, -0.15) is 20.0 Å². The van der Waals surface area contributed by atoms with Crippen molar-refractivity contribution < 1.29 is 28.7 Å². The van der Waals surface area contributed by atoms with Crippen LogP contribution in [0, 0.1) is 11.3 Å². The largest absolute Gasteiger partial charge is 0.467 e. The molecule has 0 bridgehead atoms. The summed E-state index contributed by atoms with van der Waals surface area (Å²) in [4.78, 5) is 62.0. The first kappa shape index (κ1) is 30.7. The minimum Gasteiger partial charge on any atom is -0.467 e. The van der Waals surface area contributed by atoms with Crippen LogP contribution in [0.5, 0.6) is 0 Å². The van der Waals surface area contributed by atoms with Crippen LogP contribution in [0.2, 0.25) is 0 Å². The van der Waals surface area contributed by atoms with Crippen molar-refractivity contribution in [2.45, 2.75) is 66.5 Å². The maximum absolute atomic E-state index is 10.8. The molecule has 0 aromatic heterocycles. The number of rotatable bonds is 7. The number of esters is 1. The van der Waals surface area contributed by atoms with Gasteiger partial charge in [-0.1, -0.05) is 34.6 Å². The quantitative estimate of drug-likeness (QED) is 0.358. The van der Waals surface area contributed by atoms with Gasteiger partial charge in [-0.15, -0.1) is 0 Å². The van der Waals surface area contributed by atoms with Crippen molar-refractivity contribution in [3.63, 3.8) is 0 Å². The molecule has 0 aliphatic carbocycles. The molecule has 1 unspecified atom stereocenters. The van der Waals surface area contributed by atoms with Crippen molar-refractivity contribution in [2.24, 2.45) is 31.3 Å². The molecular weight excluding hydrogens is 380 g/mol. The van der Waals surface area contributed by atoms with Gasteiger partial charge in [0.25, 0.3) is 0 Å². The van der Waals surface area contributed by atoms with Gasteiger partial charge in [0.1, 0.15) is 0 Å². The van der Waals surface area contributed by atoms with E-state index in [1.54, 1.807) is 19.9 Å². The van der Waals surface area contributed by atoms with E-state index >= 15 is 0 Å². The molecule has 0 rings (SSSR count). The van der Waals surface area contributed by atoms with Crippen molar-refractivity contribution in [2.75, 3.05) is 13.8 Å². The van der Waals surface area contributed by atoms with Crippen LogP contribution in [0.25, 0.3) is 0 Å². The monoisotopic (exact) mass is 410 g/mol. The highest BCUT2D eigenvalue weighted by Gasteiger charge is 2.24. The first-order valence-electron chi connectivity index (χ1n) is 8.63. The second kappa shape index (κ2) is 17.1. The highest BCUT2D eigenvalue weighted by Crippen LogP contribution is 2.28. The Bertz CT molecular complexity index is 655. The molecule has 0 aliphatic heterocycles. The van der Waals surface area contributed by atoms with E-state index in [0.717, 1.165) is 6.42 Å². The normalized spacial score (nSPS) is 10.7. The highest BCUT2D eigenvalue weighted by molar-refractivity contribution is 5.77. The fraction of sp³-hybridized carbons (Fsp3) is 0.737. The second-order valence-corrected chi connectivity index (χ2v) is 7.83. The predicted octanol–water partition coefficient (Wildman–Crippen LogP) is 2.67. The third kappa shape index (κ3) is 23.0. The molecule has 0 N–H and O–H groups in total. The predicted molar refractivity (Wildman–Crippen MR) is 106 cm³/mol. The smallest absolute Gasteiger partial charge is 0.331 e. The summed E-state index contributed by atoms with van der Waals surface area (Å²) in [6, 6.07) is -0.711. The standard InChI is InChI=1S/C9H17NO.C7H11NO3.C3H2N2O2/c1-8(2,3)6-9(4,5)10-7-11;1-5(2)6(8-4-9)7(10)11-3;6-2-4-1-5-3-7/h6H2,1-5H3;5-6H,1-3H3;1H2. The summed E-state index contributed by atoms with van der Waals surface area (Å²) in [5.74, 6) is -0.535. The van der Waals surface area contributed by atoms with Crippen LogP contribution < -0.4 is 0 Å². The first-order chi connectivity index (χ1) is 13.3. The third-order valence-corrected chi connectivity index (χ3v) is 2.85. The number of hydrogen-bond donors (Lipinski definition) is 0. The zero-order chi connectivity index (χ0) is 23.5. The van der Waals surface area contributed by atoms with Gasteiger partial charge in [0, 0.05) is 0 Å². The van der Waals surface area contributed by atoms with E-state index in [-0.39, 0.29) is 23.5 Å². The van der Waals surface area contributed by atoms with Crippen LogP contribution in [0.3, 0.4) is 0 Å². The fourth-order valence-electron chi connectivity index (χ4n) is 2.21. The Kier molecular flexibility index (Phi) is 18.1. The van der Waals surface area contributed by atoms with Gasteiger partial charge >= 0.3 is 5.97 Å². The molecule has 10 heteroatoms. The number of carbonyl (C=O) groups is 1. The molecule has 162 valence electrons. The molecule has 0 spiro atoms. The Hall–Kier alpha value is -3.01. The van der Waals surface area contributed by atoms with Crippen LogP contribution in [0.1, 0.15) is 54.9 Å². The van der Waals surface area contributed by atoms with Crippen LogP contribution in [0.4, 0.5) is 0 Å². The lowest BCUT2D eigenvalue weighted by Crippen LogP contribution is -2.25. The average molecular weight is 410 g/mol. The number of nitrogens with zero attached hydrogens (tertiary/aromatic N) is 4. The Morgan fingerprint density at radius 3 is 1.66 bits per heavy atom. The summed E-state index contributed by atoms with van der Waals surface area (Å²) in [5, 5.41) is 0. The van der Waals surface area contributed by atoms with Gasteiger partial charge in [-0.3, -0.25) is 0 Å². The molecule has 29 heavy (non-hydrogen) atoms. The number of aliphatic imine (C=N–C) groups is 4. The Balaban J connectivity index is -0.000000360. The van der Waals surface area contributed by atoms with E-state index in [9.17, 15) is 24.0 Å². The number of methoxy groups -OCH3 is 1. The van der Waals surface area contributed by atoms with Gasteiger partial charge in [0.05, 0.1) is 12.6 Å². The zero-order valence-electron chi connectivity index (χ0n) is 18.3. The summed E-state index contributed by atoms with van der Waals surface area (Å²) in [7, 11) is 1.26. The van der Waals surface area contributed by atoms with Gasteiger partial charge in [0.2, 0.25) is 24.3 Å². The first-order valence-corrected chi connectivity index (χ1v) is 8.63. The zero-order valence-corrected chi connectivity index (χ0v) is 18.3. The summed E-state index contributed by atoms with van der Waals surface area (Å²) in [6.07, 6.45) is 6.25. The molecular formula is C19H30N4O6.